The number of hydrogen-bond acceptors (Lipinski definition) is 3. The van der Waals surface area contributed by atoms with Gasteiger partial charge in [-0.2, -0.15) is 4.68 Å². The van der Waals surface area contributed by atoms with Crippen LogP contribution in [0.25, 0.3) is 17.2 Å². The van der Waals surface area contributed by atoms with Crippen molar-refractivity contribution >= 4 is 17.0 Å². The number of aryl methyl sites for hydroxylation is 1. The van der Waals surface area contributed by atoms with Crippen molar-refractivity contribution < 1.29 is 5.11 Å². The second-order valence-corrected chi connectivity index (χ2v) is 4.82. The van der Waals surface area contributed by atoms with Gasteiger partial charge in [-0.25, -0.2) is 4.98 Å². The van der Waals surface area contributed by atoms with Gasteiger partial charge in [-0.15, -0.1) is 17.0 Å². The van der Waals surface area contributed by atoms with E-state index in [9.17, 15) is 4.79 Å². The molecule has 0 saturated carbocycles. The fourth-order valence-electron chi connectivity index (χ4n) is 2.33. The van der Waals surface area contributed by atoms with Crippen molar-refractivity contribution in [1.29, 1.82) is 0 Å². The van der Waals surface area contributed by atoms with Crippen LogP contribution in [-0.2, 0) is 6.42 Å². The maximum Gasteiger partial charge on any atom is 0.277 e. The van der Waals surface area contributed by atoms with Gasteiger partial charge in [0.15, 0.2) is 0 Å². The van der Waals surface area contributed by atoms with Crippen molar-refractivity contribution in [1.82, 2.24) is 19.7 Å². The summed E-state index contributed by atoms with van der Waals surface area (Å²) in [6.07, 6.45) is 2.03. The van der Waals surface area contributed by atoms with Gasteiger partial charge in [-0.05, 0) is 12.5 Å². The number of aliphatic hydroxyl groups excluding tert-OH is 1. The van der Waals surface area contributed by atoms with Crippen LogP contribution in [0.3, 0.4) is 0 Å². The average Bonchev–Trinajstić information content (AvgIpc) is 3.09. The summed E-state index contributed by atoms with van der Waals surface area (Å²) in [6.45, 7) is 1.76. The van der Waals surface area contributed by atoms with Gasteiger partial charge in [-0.3, -0.25) is 9.89 Å². The lowest BCUT2D eigenvalue weighted by Gasteiger charge is -1.97. The lowest BCUT2D eigenvalue weighted by atomic mass is 10.2. The Morgan fingerprint density at radius 2 is 2.00 bits per heavy atom. The summed E-state index contributed by atoms with van der Waals surface area (Å²) in [5.74, 6) is 0.436. The molecule has 3 rings (SSSR count). The maximum absolute atomic E-state index is 12.3. The smallest absolute Gasteiger partial charge is 0.277 e. The molecule has 0 aliphatic heterocycles. The summed E-state index contributed by atoms with van der Waals surface area (Å²) in [5.41, 5.74) is 2.98. The highest BCUT2D eigenvalue weighted by Gasteiger charge is 2.14. The first kappa shape index (κ1) is 16.3. The number of nitrogens with one attached hydrogen (secondary N) is 2. The van der Waals surface area contributed by atoms with E-state index in [0.29, 0.717) is 17.9 Å². The van der Waals surface area contributed by atoms with Gasteiger partial charge in [0.05, 0.1) is 11.9 Å². The lowest BCUT2D eigenvalue weighted by Crippen LogP contribution is -2.19. The van der Waals surface area contributed by atoms with Gasteiger partial charge in [0.2, 0.25) is 5.95 Å². The molecule has 1 aromatic carbocycles. The number of rotatable bonds is 4. The Bertz CT molecular complexity index is 805. The summed E-state index contributed by atoms with van der Waals surface area (Å²) < 4.78 is 1.37. The number of imidazole rings is 1. The molecule has 2 heterocycles. The monoisotopic (exact) mass is 364 g/mol. The second-order valence-electron chi connectivity index (χ2n) is 4.82. The molecule has 3 aromatic rings. The average molecular weight is 365 g/mol. The molecule has 116 valence electrons. The van der Waals surface area contributed by atoms with Crippen LogP contribution >= 0.6 is 17.0 Å². The Labute approximate surface area is 137 Å². The van der Waals surface area contributed by atoms with E-state index in [0.717, 1.165) is 17.0 Å². The molecule has 0 atom stereocenters. The van der Waals surface area contributed by atoms with Crippen molar-refractivity contribution in [2.75, 3.05) is 6.61 Å². The summed E-state index contributed by atoms with van der Waals surface area (Å²) in [6, 6.07) is 9.77. The summed E-state index contributed by atoms with van der Waals surface area (Å²) in [5, 5.41) is 12.0. The fourth-order valence-corrected chi connectivity index (χ4v) is 2.33. The third kappa shape index (κ3) is 2.90. The van der Waals surface area contributed by atoms with Crippen LogP contribution in [0.1, 0.15) is 11.3 Å². The van der Waals surface area contributed by atoms with E-state index in [1.54, 1.807) is 6.20 Å². The van der Waals surface area contributed by atoms with Crippen LogP contribution in [0.2, 0.25) is 0 Å². The van der Waals surface area contributed by atoms with Crippen LogP contribution in [0, 0.1) is 6.92 Å². The molecule has 2 aromatic heterocycles. The highest BCUT2D eigenvalue weighted by atomic mass is 79.9. The van der Waals surface area contributed by atoms with Crippen LogP contribution < -0.4 is 5.56 Å². The molecule has 7 heteroatoms. The third-order valence-electron chi connectivity index (χ3n) is 3.41. The minimum absolute atomic E-state index is 0. The first-order chi connectivity index (χ1) is 10.2. The van der Waals surface area contributed by atoms with Gasteiger partial charge in [-0.1, -0.05) is 30.3 Å². The minimum atomic E-state index is -0.185. The van der Waals surface area contributed by atoms with Crippen molar-refractivity contribution in [3.8, 4) is 17.2 Å². The van der Waals surface area contributed by atoms with Crippen LogP contribution in [0.15, 0.2) is 41.3 Å². The van der Waals surface area contributed by atoms with Crippen LogP contribution in [-0.4, -0.2) is 31.5 Å². The molecular formula is C15H17BrN4O2. The SMILES string of the molecule is Br.Cc1[nH]n(-c2ncc(-c3ccccc3)[nH]2)c(=O)c1CCO. The molecule has 22 heavy (non-hydrogen) atoms. The van der Waals surface area contributed by atoms with E-state index in [-0.39, 0.29) is 29.1 Å². The Hall–Kier alpha value is -2.12. The molecule has 0 bridgehead atoms. The van der Waals surface area contributed by atoms with E-state index in [1.807, 2.05) is 37.3 Å². The number of aromatic amines is 2. The summed E-state index contributed by atoms with van der Waals surface area (Å²) in [4.78, 5) is 19.7. The highest BCUT2D eigenvalue weighted by molar-refractivity contribution is 8.93. The van der Waals surface area contributed by atoms with Gasteiger partial charge in [0.25, 0.3) is 5.56 Å². The lowest BCUT2D eigenvalue weighted by molar-refractivity contribution is 0.299. The number of hydrogen-bond donors (Lipinski definition) is 3. The summed E-state index contributed by atoms with van der Waals surface area (Å²) in [7, 11) is 0. The zero-order chi connectivity index (χ0) is 14.8. The molecule has 3 N–H and O–H groups in total. The Morgan fingerprint density at radius 1 is 1.27 bits per heavy atom. The third-order valence-corrected chi connectivity index (χ3v) is 3.41. The van der Waals surface area contributed by atoms with Crippen molar-refractivity contribution in [3.05, 3.63) is 58.1 Å². The standard InChI is InChI=1S/C15H16N4O2.BrH/c1-10-12(7-8-20)14(21)19(18-10)15-16-9-13(17-15)11-5-3-2-4-6-11;/h2-6,9,18,20H,7-8H2,1H3,(H,16,17);1H. The predicted molar refractivity (Wildman–Crippen MR) is 89.8 cm³/mol. The largest absolute Gasteiger partial charge is 0.396 e. The maximum atomic E-state index is 12.3. The summed E-state index contributed by atoms with van der Waals surface area (Å²) >= 11 is 0. The predicted octanol–water partition coefficient (Wildman–Crippen LogP) is 1.98. The molecule has 6 nitrogen and oxygen atoms in total. The van der Waals surface area contributed by atoms with Crippen molar-refractivity contribution in [3.63, 3.8) is 0 Å². The van der Waals surface area contributed by atoms with Crippen LogP contribution in [0.4, 0.5) is 0 Å². The molecule has 0 spiro atoms. The Balaban J connectivity index is 0.00000176. The molecule has 0 radical (unpaired) electrons. The first-order valence-electron chi connectivity index (χ1n) is 6.73. The van der Waals surface area contributed by atoms with Crippen molar-refractivity contribution in [2.45, 2.75) is 13.3 Å². The topological polar surface area (TPSA) is 86.7 Å². The van der Waals surface area contributed by atoms with Crippen LogP contribution in [0.5, 0.6) is 0 Å². The van der Waals surface area contributed by atoms with E-state index in [4.69, 9.17) is 5.11 Å². The van der Waals surface area contributed by atoms with Gasteiger partial charge in [0, 0.05) is 24.3 Å². The van der Waals surface area contributed by atoms with Gasteiger partial charge < -0.3 is 10.1 Å². The quantitative estimate of drug-likeness (QED) is 0.661. The number of benzene rings is 1. The molecule has 0 aliphatic rings. The molecule has 0 fully saturated rings. The highest BCUT2D eigenvalue weighted by Crippen LogP contribution is 2.17. The van der Waals surface area contributed by atoms with E-state index in [2.05, 4.69) is 15.1 Å². The number of aromatic nitrogens is 4. The first-order valence-corrected chi connectivity index (χ1v) is 6.73. The zero-order valence-electron chi connectivity index (χ0n) is 12.0. The number of nitrogens with zero attached hydrogens (tertiary/aromatic N) is 2. The Morgan fingerprint density at radius 3 is 2.68 bits per heavy atom. The number of aliphatic hydroxyl groups is 1. The van der Waals surface area contributed by atoms with E-state index >= 15 is 0 Å². The van der Waals surface area contributed by atoms with E-state index < -0.39 is 0 Å². The molecule has 0 amide bonds. The second kappa shape index (κ2) is 6.76. The minimum Gasteiger partial charge on any atom is -0.396 e. The molecule has 0 aliphatic carbocycles. The van der Waals surface area contributed by atoms with Gasteiger partial charge >= 0.3 is 0 Å². The van der Waals surface area contributed by atoms with Gasteiger partial charge in [0.1, 0.15) is 0 Å². The number of halogens is 1. The molecule has 0 unspecified atom stereocenters. The zero-order valence-corrected chi connectivity index (χ0v) is 13.7. The molecule has 0 saturated heterocycles. The van der Waals surface area contributed by atoms with E-state index in [1.165, 1.54) is 4.68 Å². The normalized spacial score (nSPS) is 10.5. The fraction of sp³-hybridized carbons (Fsp3) is 0.200. The Kier molecular flexibility index (Phi) is 4.99. The number of H-pyrrole nitrogens is 2. The van der Waals surface area contributed by atoms with Crippen molar-refractivity contribution in [2.24, 2.45) is 0 Å². The molecular weight excluding hydrogens is 348 g/mol.